The third-order valence-corrected chi connectivity index (χ3v) is 3.71. The van der Waals surface area contributed by atoms with E-state index in [2.05, 4.69) is 5.92 Å². The number of benzene rings is 1. The summed E-state index contributed by atoms with van der Waals surface area (Å²) in [4.78, 5) is 24.6. The van der Waals surface area contributed by atoms with Crippen LogP contribution < -0.4 is 0 Å². The number of carbonyl (C=O) groups excluding carboxylic acids is 2. The van der Waals surface area contributed by atoms with E-state index < -0.39 is 35.4 Å². The van der Waals surface area contributed by atoms with Crippen molar-refractivity contribution in [1.82, 2.24) is 0 Å². The van der Waals surface area contributed by atoms with Crippen LogP contribution in [0.5, 0.6) is 0 Å². The molecule has 22 heavy (non-hydrogen) atoms. The Morgan fingerprint density at radius 2 is 1.82 bits per heavy atom. The average Bonchev–Trinajstić information content (AvgIpc) is 2.95. The van der Waals surface area contributed by atoms with Crippen molar-refractivity contribution in [3.63, 3.8) is 0 Å². The molecule has 1 aromatic carbocycles. The molecular weight excluding hydrogens is 291 g/mol. The number of terminal acetylenes is 1. The fourth-order valence-electron chi connectivity index (χ4n) is 2.66. The molecule has 0 bridgehead atoms. The summed E-state index contributed by atoms with van der Waals surface area (Å²) < 4.78 is 28.3. The van der Waals surface area contributed by atoms with Crippen molar-refractivity contribution in [2.24, 2.45) is 5.41 Å². The predicted octanol–water partition coefficient (Wildman–Crippen LogP) is 1.62. The lowest BCUT2D eigenvalue weighted by atomic mass is 9.77. The molecule has 0 spiro atoms. The van der Waals surface area contributed by atoms with E-state index in [4.69, 9.17) is 20.6 Å². The predicted molar refractivity (Wildman–Crippen MR) is 73.9 cm³/mol. The summed E-state index contributed by atoms with van der Waals surface area (Å²) in [6, 6.07) is 5.28. The SMILES string of the molecule is C#CC1CC(C(=O)OC)(C(=O)OC)C(c2ccc(F)cc2)O1. The summed E-state index contributed by atoms with van der Waals surface area (Å²) in [7, 11) is 2.33. The Bertz CT molecular complexity index is 600. The van der Waals surface area contributed by atoms with Gasteiger partial charge in [0.05, 0.1) is 14.2 Å². The van der Waals surface area contributed by atoms with E-state index in [0.717, 1.165) is 14.2 Å². The standard InChI is InChI=1S/C16H15FO5/c1-4-12-9-16(14(18)20-2,15(19)21-3)13(22-12)10-5-7-11(17)8-6-10/h1,5-8,12-13H,9H2,2-3H3. The monoisotopic (exact) mass is 306 g/mol. The first-order chi connectivity index (χ1) is 10.5. The highest BCUT2D eigenvalue weighted by molar-refractivity contribution is 6.01. The minimum absolute atomic E-state index is 0.0646. The molecule has 6 heteroatoms. The van der Waals surface area contributed by atoms with Gasteiger partial charge in [-0.3, -0.25) is 9.59 Å². The van der Waals surface area contributed by atoms with E-state index in [0.29, 0.717) is 5.56 Å². The molecule has 2 atom stereocenters. The van der Waals surface area contributed by atoms with Crippen molar-refractivity contribution in [2.75, 3.05) is 14.2 Å². The lowest BCUT2D eigenvalue weighted by molar-refractivity contribution is -0.173. The molecule has 1 heterocycles. The number of hydrogen-bond donors (Lipinski definition) is 0. The maximum absolute atomic E-state index is 13.1. The fourth-order valence-corrected chi connectivity index (χ4v) is 2.66. The van der Waals surface area contributed by atoms with E-state index >= 15 is 0 Å². The van der Waals surface area contributed by atoms with Crippen LogP contribution in [0, 0.1) is 23.6 Å². The summed E-state index contributed by atoms with van der Waals surface area (Å²) in [6.45, 7) is 0. The van der Waals surface area contributed by atoms with E-state index in [1.807, 2.05) is 0 Å². The number of halogens is 1. The quantitative estimate of drug-likeness (QED) is 0.482. The average molecular weight is 306 g/mol. The largest absolute Gasteiger partial charge is 0.468 e. The zero-order valence-corrected chi connectivity index (χ0v) is 12.2. The molecular formula is C16H15FO5. The van der Waals surface area contributed by atoms with Crippen LogP contribution in [0.15, 0.2) is 24.3 Å². The second-order valence-electron chi connectivity index (χ2n) is 4.88. The Kier molecular flexibility index (Phi) is 4.48. The van der Waals surface area contributed by atoms with Crippen molar-refractivity contribution >= 4 is 11.9 Å². The molecule has 0 aromatic heterocycles. The van der Waals surface area contributed by atoms with Gasteiger partial charge in [0.15, 0.2) is 5.41 Å². The normalized spacial score (nSPS) is 22.6. The molecule has 1 aliphatic heterocycles. The lowest BCUT2D eigenvalue weighted by Crippen LogP contribution is -2.43. The van der Waals surface area contributed by atoms with E-state index in [-0.39, 0.29) is 6.42 Å². The molecule has 1 fully saturated rings. The topological polar surface area (TPSA) is 61.8 Å². The van der Waals surface area contributed by atoms with Gasteiger partial charge in [-0.2, -0.15) is 0 Å². The summed E-state index contributed by atoms with van der Waals surface area (Å²) in [5, 5.41) is 0. The molecule has 1 aliphatic rings. The number of ether oxygens (including phenoxy) is 3. The van der Waals surface area contributed by atoms with Gasteiger partial charge < -0.3 is 14.2 Å². The first-order valence-corrected chi connectivity index (χ1v) is 6.53. The summed E-state index contributed by atoms with van der Waals surface area (Å²) in [6.07, 6.45) is 3.54. The van der Waals surface area contributed by atoms with E-state index in [9.17, 15) is 14.0 Å². The first kappa shape index (κ1) is 16.0. The van der Waals surface area contributed by atoms with E-state index in [1.165, 1.54) is 24.3 Å². The minimum Gasteiger partial charge on any atom is -0.468 e. The van der Waals surface area contributed by atoms with Crippen LogP contribution >= 0.6 is 0 Å². The highest BCUT2D eigenvalue weighted by atomic mass is 19.1. The van der Waals surface area contributed by atoms with Gasteiger partial charge in [-0.15, -0.1) is 6.42 Å². The molecule has 0 radical (unpaired) electrons. The molecule has 2 unspecified atom stereocenters. The molecule has 116 valence electrons. The molecule has 0 saturated carbocycles. The van der Waals surface area contributed by atoms with Crippen molar-refractivity contribution in [1.29, 1.82) is 0 Å². The molecule has 0 amide bonds. The van der Waals surface area contributed by atoms with Crippen molar-refractivity contribution in [2.45, 2.75) is 18.6 Å². The van der Waals surface area contributed by atoms with Crippen LogP contribution in [-0.2, 0) is 23.8 Å². The van der Waals surface area contributed by atoms with Gasteiger partial charge in [-0.25, -0.2) is 4.39 Å². The van der Waals surface area contributed by atoms with Crippen LogP contribution in [0.4, 0.5) is 4.39 Å². The van der Waals surface area contributed by atoms with Gasteiger partial charge >= 0.3 is 11.9 Å². The van der Waals surface area contributed by atoms with Crippen LogP contribution in [0.1, 0.15) is 18.1 Å². The van der Waals surface area contributed by atoms with Crippen LogP contribution in [0.25, 0.3) is 0 Å². The van der Waals surface area contributed by atoms with E-state index in [1.54, 1.807) is 0 Å². The number of esters is 2. The van der Waals surface area contributed by atoms with Gasteiger partial charge in [-0.05, 0) is 17.7 Å². The molecule has 5 nitrogen and oxygen atoms in total. The van der Waals surface area contributed by atoms with Crippen LogP contribution in [0.3, 0.4) is 0 Å². The molecule has 2 rings (SSSR count). The third kappa shape index (κ3) is 2.44. The minimum atomic E-state index is -1.71. The summed E-state index contributed by atoms with van der Waals surface area (Å²) in [5.41, 5.74) is -1.27. The highest BCUT2D eigenvalue weighted by Gasteiger charge is 2.61. The number of carbonyl (C=O) groups is 2. The molecule has 0 N–H and O–H groups in total. The van der Waals surface area contributed by atoms with Crippen molar-refractivity contribution in [3.05, 3.63) is 35.6 Å². The van der Waals surface area contributed by atoms with Gasteiger partial charge in [0.2, 0.25) is 0 Å². The van der Waals surface area contributed by atoms with Gasteiger partial charge in [0.1, 0.15) is 18.0 Å². The van der Waals surface area contributed by atoms with Gasteiger partial charge in [0.25, 0.3) is 0 Å². The number of hydrogen-bond acceptors (Lipinski definition) is 5. The van der Waals surface area contributed by atoms with Crippen LogP contribution in [0.2, 0.25) is 0 Å². The van der Waals surface area contributed by atoms with Gasteiger partial charge in [-0.1, -0.05) is 18.1 Å². The number of rotatable bonds is 3. The fraction of sp³-hybridized carbons (Fsp3) is 0.375. The second kappa shape index (κ2) is 6.16. The Labute approximate surface area is 127 Å². The zero-order valence-electron chi connectivity index (χ0n) is 12.2. The second-order valence-corrected chi connectivity index (χ2v) is 4.88. The Morgan fingerprint density at radius 1 is 1.27 bits per heavy atom. The van der Waals surface area contributed by atoms with Crippen LogP contribution in [-0.4, -0.2) is 32.3 Å². The maximum atomic E-state index is 13.1. The number of methoxy groups -OCH3 is 2. The summed E-state index contributed by atoms with van der Waals surface area (Å²) in [5.74, 6) is 0.329. The molecule has 1 aromatic rings. The Hall–Kier alpha value is -2.39. The summed E-state index contributed by atoms with van der Waals surface area (Å²) >= 11 is 0. The smallest absolute Gasteiger partial charge is 0.326 e. The maximum Gasteiger partial charge on any atom is 0.326 e. The lowest BCUT2D eigenvalue weighted by Gasteiger charge is -2.28. The zero-order chi connectivity index (χ0) is 16.3. The van der Waals surface area contributed by atoms with Gasteiger partial charge in [0, 0.05) is 6.42 Å². The third-order valence-electron chi connectivity index (χ3n) is 3.71. The molecule has 1 saturated heterocycles. The van der Waals surface area contributed by atoms with Crippen molar-refractivity contribution < 1.29 is 28.2 Å². The highest BCUT2D eigenvalue weighted by Crippen LogP contribution is 2.49. The Balaban J connectivity index is 2.56. The first-order valence-electron chi connectivity index (χ1n) is 6.53. The molecule has 0 aliphatic carbocycles. The Morgan fingerprint density at radius 3 is 2.27 bits per heavy atom. The van der Waals surface area contributed by atoms with Crippen molar-refractivity contribution in [3.8, 4) is 12.3 Å².